The monoisotopic (exact) mass is 378 g/mol. The average Bonchev–Trinajstić information content (AvgIpc) is 2.49. The summed E-state index contributed by atoms with van der Waals surface area (Å²) in [5.74, 6) is -0.722. The summed E-state index contributed by atoms with van der Waals surface area (Å²) in [5, 5.41) is 19.6. The van der Waals surface area contributed by atoms with Gasteiger partial charge in [-0.05, 0) is 66.8 Å². The maximum absolute atomic E-state index is 11.1. The van der Waals surface area contributed by atoms with Crippen LogP contribution in [0.5, 0.6) is 0 Å². The lowest BCUT2D eigenvalue weighted by Gasteiger charge is -2.59. The number of carbonyl (C=O) groups is 2. The third-order valence-corrected chi connectivity index (χ3v) is 6.76. The molecule has 152 valence electrons. The molecule has 0 heterocycles. The topological polar surface area (TPSA) is 83.8 Å². The Kier molecular flexibility index (Phi) is 6.56. The molecule has 0 aromatic heterocycles. The van der Waals surface area contributed by atoms with E-state index in [-0.39, 0.29) is 29.5 Å². The van der Waals surface area contributed by atoms with E-state index in [0.717, 1.165) is 38.2 Å². The highest BCUT2D eigenvalue weighted by Gasteiger charge is 2.54. The minimum atomic E-state index is -1.03. The van der Waals surface area contributed by atoms with Gasteiger partial charge < -0.3 is 14.9 Å². The molecule has 0 unspecified atom stereocenters. The first kappa shape index (κ1) is 21.7. The highest BCUT2D eigenvalue weighted by molar-refractivity contribution is 5.80. The number of aliphatic carboxylic acids is 1. The van der Waals surface area contributed by atoms with Crippen LogP contribution in [0.15, 0.2) is 23.8 Å². The molecular weight excluding hydrogens is 344 g/mol. The zero-order valence-electron chi connectivity index (χ0n) is 17.1. The second-order valence-corrected chi connectivity index (χ2v) is 9.32. The number of aliphatic hydroxyl groups excluding tert-OH is 1. The van der Waals surface area contributed by atoms with Gasteiger partial charge in [0.1, 0.15) is 6.61 Å². The summed E-state index contributed by atoms with van der Waals surface area (Å²) < 4.78 is 5.02. The van der Waals surface area contributed by atoms with Crippen molar-refractivity contribution in [1.29, 1.82) is 0 Å². The molecule has 2 rings (SSSR count). The molecule has 2 saturated carbocycles. The Morgan fingerprint density at radius 3 is 2.56 bits per heavy atom. The molecule has 0 aromatic carbocycles. The number of carbonyl (C=O) groups excluding carboxylic acids is 1. The van der Waals surface area contributed by atoms with Crippen molar-refractivity contribution < 1.29 is 24.5 Å². The van der Waals surface area contributed by atoms with E-state index < -0.39 is 11.9 Å². The second-order valence-electron chi connectivity index (χ2n) is 9.32. The predicted molar refractivity (Wildman–Crippen MR) is 104 cm³/mol. The summed E-state index contributed by atoms with van der Waals surface area (Å²) in [6.45, 7) is 12.4. The number of rotatable bonds is 6. The Hall–Kier alpha value is -1.62. The number of fused-ring (bicyclic) bond motifs is 1. The van der Waals surface area contributed by atoms with E-state index in [1.807, 2.05) is 0 Å². The number of allylic oxidation sites excluding steroid dienone is 1. The first-order chi connectivity index (χ1) is 12.5. The lowest BCUT2D eigenvalue weighted by molar-refractivity contribution is -0.140. The molecule has 0 aliphatic heterocycles. The van der Waals surface area contributed by atoms with Crippen LogP contribution >= 0.6 is 0 Å². The number of hydrogen-bond donors (Lipinski definition) is 2. The van der Waals surface area contributed by atoms with E-state index in [9.17, 15) is 14.7 Å². The molecule has 0 saturated heterocycles. The van der Waals surface area contributed by atoms with E-state index in [1.165, 1.54) is 12.5 Å². The van der Waals surface area contributed by atoms with Crippen LogP contribution in [0.25, 0.3) is 0 Å². The molecule has 0 bridgehead atoms. The van der Waals surface area contributed by atoms with Crippen LogP contribution in [-0.2, 0) is 14.3 Å². The van der Waals surface area contributed by atoms with Crippen LogP contribution < -0.4 is 0 Å². The standard InChI is InChI=1S/C22H34O5/c1-14-6-9-19-21(3,4)11-17(24)12-22(19,5)18(14)8-7-16(10-20(25)26)13-27-15(2)23/h10,17-19,24H,1,6-9,11-13H2,2-5H3,(H,25,26)/b16-10-/t17-,18-,19-,22+/m1/s1. The summed E-state index contributed by atoms with van der Waals surface area (Å²) >= 11 is 0. The third-order valence-electron chi connectivity index (χ3n) is 6.76. The maximum atomic E-state index is 11.1. The lowest BCUT2D eigenvalue weighted by Crippen LogP contribution is -2.53. The van der Waals surface area contributed by atoms with E-state index in [1.54, 1.807) is 0 Å². The van der Waals surface area contributed by atoms with Crippen LogP contribution in [0.4, 0.5) is 0 Å². The molecule has 2 N–H and O–H groups in total. The molecule has 0 spiro atoms. The van der Waals surface area contributed by atoms with Crippen molar-refractivity contribution in [2.24, 2.45) is 22.7 Å². The molecule has 4 atom stereocenters. The first-order valence-electron chi connectivity index (χ1n) is 9.87. The fourth-order valence-electron chi connectivity index (χ4n) is 5.86. The fourth-order valence-corrected chi connectivity index (χ4v) is 5.86. The van der Waals surface area contributed by atoms with Gasteiger partial charge in [0.15, 0.2) is 0 Å². The summed E-state index contributed by atoms with van der Waals surface area (Å²) in [4.78, 5) is 22.2. The summed E-state index contributed by atoms with van der Waals surface area (Å²) in [6, 6.07) is 0. The molecule has 27 heavy (non-hydrogen) atoms. The minimum absolute atomic E-state index is 0.00902. The fraction of sp³-hybridized carbons (Fsp3) is 0.727. The van der Waals surface area contributed by atoms with E-state index in [2.05, 4.69) is 27.4 Å². The quantitative estimate of drug-likeness (QED) is 0.413. The van der Waals surface area contributed by atoms with Crippen molar-refractivity contribution in [2.75, 3.05) is 6.61 Å². The van der Waals surface area contributed by atoms with Gasteiger partial charge in [-0.3, -0.25) is 4.79 Å². The van der Waals surface area contributed by atoms with Gasteiger partial charge in [-0.15, -0.1) is 0 Å². The Morgan fingerprint density at radius 2 is 1.96 bits per heavy atom. The third kappa shape index (κ3) is 5.01. The summed E-state index contributed by atoms with van der Waals surface area (Å²) in [5.41, 5.74) is 1.82. The molecule has 0 radical (unpaired) electrons. The van der Waals surface area contributed by atoms with Gasteiger partial charge in [0.25, 0.3) is 0 Å². The van der Waals surface area contributed by atoms with Crippen LogP contribution in [0, 0.1) is 22.7 Å². The Labute approximate surface area is 162 Å². The molecule has 2 aliphatic carbocycles. The smallest absolute Gasteiger partial charge is 0.328 e. The number of aliphatic hydroxyl groups is 1. The number of carboxylic acid groups (broad SMARTS) is 1. The summed E-state index contributed by atoms with van der Waals surface area (Å²) in [6.07, 6.45) is 5.79. The van der Waals surface area contributed by atoms with Crippen molar-refractivity contribution in [2.45, 2.75) is 72.3 Å². The highest BCUT2D eigenvalue weighted by Crippen LogP contribution is 2.61. The average molecular weight is 379 g/mol. The van der Waals surface area contributed by atoms with Gasteiger partial charge in [-0.1, -0.05) is 32.9 Å². The second kappa shape index (κ2) is 8.17. The zero-order valence-corrected chi connectivity index (χ0v) is 17.1. The van der Waals surface area contributed by atoms with Gasteiger partial charge in [0, 0.05) is 13.0 Å². The van der Waals surface area contributed by atoms with E-state index >= 15 is 0 Å². The zero-order chi connectivity index (χ0) is 20.4. The highest BCUT2D eigenvalue weighted by atomic mass is 16.5. The van der Waals surface area contributed by atoms with Crippen molar-refractivity contribution in [3.63, 3.8) is 0 Å². The number of hydrogen-bond acceptors (Lipinski definition) is 4. The largest absolute Gasteiger partial charge is 0.478 e. The van der Waals surface area contributed by atoms with Crippen LogP contribution in [0.2, 0.25) is 0 Å². The predicted octanol–water partition coefficient (Wildman–Crippen LogP) is 4.11. The number of carboxylic acids is 1. The maximum Gasteiger partial charge on any atom is 0.328 e. The van der Waals surface area contributed by atoms with Crippen LogP contribution in [0.1, 0.15) is 66.2 Å². The molecule has 0 amide bonds. The van der Waals surface area contributed by atoms with Gasteiger partial charge >= 0.3 is 11.9 Å². The Morgan fingerprint density at radius 1 is 1.30 bits per heavy atom. The van der Waals surface area contributed by atoms with Gasteiger partial charge in [0.2, 0.25) is 0 Å². The molecule has 5 heteroatoms. The van der Waals surface area contributed by atoms with Gasteiger partial charge in [0.05, 0.1) is 6.10 Å². The lowest BCUT2D eigenvalue weighted by atomic mass is 9.46. The molecular formula is C22H34O5. The van der Waals surface area contributed by atoms with Gasteiger partial charge in [-0.25, -0.2) is 4.79 Å². The first-order valence-corrected chi connectivity index (χ1v) is 9.87. The van der Waals surface area contributed by atoms with Crippen molar-refractivity contribution in [3.05, 3.63) is 23.8 Å². The van der Waals surface area contributed by atoms with Crippen LogP contribution in [-0.4, -0.2) is 34.9 Å². The number of ether oxygens (including phenoxy) is 1. The number of esters is 1. The van der Waals surface area contributed by atoms with Crippen molar-refractivity contribution in [3.8, 4) is 0 Å². The van der Waals surface area contributed by atoms with E-state index in [4.69, 9.17) is 9.84 Å². The van der Waals surface area contributed by atoms with Crippen molar-refractivity contribution >= 4 is 11.9 Å². The summed E-state index contributed by atoms with van der Waals surface area (Å²) in [7, 11) is 0. The SMILES string of the molecule is C=C1CC[C@@H]2C(C)(C)C[C@@H](O)C[C@@]2(C)[C@@H]1CC/C(=C/C(=O)O)COC(C)=O. The Balaban J connectivity index is 2.20. The normalized spacial score (nSPS) is 33.3. The van der Waals surface area contributed by atoms with Crippen LogP contribution in [0.3, 0.4) is 0 Å². The Bertz CT molecular complexity index is 633. The van der Waals surface area contributed by atoms with E-state index in [0.29, 0.717) is 17.9 Å². The van der Waals surface area contributed by atoms with Crippen molar-refractivity contribution in [1.82, 2.24) is 0 Å². The molecule has 2 fully saturated rings. The minimum Gasteiger partial charge on any atom is -0.478 e. The molecule has 5 nitrogen and oxygen atoms in total. The molecule has 0 aromatic rings. The van der Waals surface area contributed by atoms with Gasteiger partial charge in [-0.2, -0.15) is 0 Å². The molecule has 2 aliphatic rings.